The molecule has 14 heavy (non-hydrogen) atoms. The summed E-state index contributed by atoms with van der Waals surface area (Å²) in [7, 11) is -4.67. The van der Waals surface area contributed by atoms with E-state index in [-0.39, 0.29) is 0 Å². The summed E-state index contributed by atoms with van der Waals surface area (Å²) in [6.45, 7) is 5.84. The van der Waals surface area contributed by atoms with Crippen LogP contribution in [-0.4, -0.2) is 35.1 Å². The predicted molar refractivity (Wildman–Crippen MR) is 51.4 cm³/mol. The van der Waals surface area contributed by atoms with Crippen LogP contribution in [0.4, 0.5) is 0 Å². The molecule has 0 atom stereocenters. The Hall–Kier alpha value is -0.960. The van der Waals surface area contributed by atoms with Gasteiger partial charge in [-0.05, 0) is 13.0 Å². The fourth-order valence-electron chi connectivity index (χ4n) is 0. The minimum Gasteiger partial charge on any atom is -0.478 e. The van der Waals surface area contributed by atoms with Gasteiger partial charge in [-0.2, -0.15) is 8.42 Å². The van der Waals surface area contributed by atoms with E-state index >= 15 is 0 Å². The smallest absolute Gasteiger partial charge is 0.394 e. The first-order valence-corrected chi connectivity index (χ1v) is 4.84. The van der Waals surface area contributed by atoms with Gasteiger partial charge in [0.1, 0.15) is 0 Å². The summed E-state index contributed by atoms with van der Waals surface area (Å²) in [6, 6.07) is 0. The van der Waals surface area contributed by atoms with Crippen LogP contribution in [0, 0.1) is 0 Å². The summed E-state index contributed by atoms with van der Waals surface area (Å²) >= 11 is 0. The van der Waals surface area contributed by atoms with E-state index < -0.39 is 16.4 Å². The van der Waals surface area contributed by atoms with Gasteiger partial charge in [-0.25, -0.2) is 4.79 Å². The standard InChI is InChI=1S/C3H9N.C3H4O2.H2O4S/c1-2-3-4;1-2-3(4)5;1-5(2,3)4/h2-4H2,1H3;2H,1H2,(H,4,5);(H2,1,2,3,4). The zero-order chi connectivity index (χ0) is 12.2. The number of hydrogen-bond donors (Lipinski definition) is 4. The van der Waals surface area contributed by atoms with Crippen LogP contribution >= 0.6 is 0 Å². The summed E-state index contributed by atoms with van der Waals surface area (Å²) in [5.41, 5.74) is 5.03. The number of carboxylic acid groups (broad SMARTS) is 1. The van der Waals surface area contributed by atoms with E-state index in [0.717, 1.165) is 19.0 Å². The van der Waals surface area contributed by atoms with Crippen LogP contribution in [0.25, 0.3) is 0 Å². The molecular weight excluding hydrogens is 214 g/mol. The monoisotopic (exact) mass is 229 g/mol. The van der Waals surface area contributed by atoms with Crippen LogP contribution in [0.5, 0.6) is 0 Å². The van der Waals surface area contributed by atoms with E-state index in [0.29, 0.717) is 0 Å². The van der Waals surface area contributed by atoms with Gasteiger partial charge < -0.3 is 10.8 Å². The number of aliphatic carboxylic acids is 1. The third kappa shape index (κ3) is 267. The first-order chi connectivity index (χ1) is 6.18. The summed E-state index contributed by atoms with van der Waals surface area (Å²) in [4.78, 5) is 9.25. The molecule has 0 aromatic rings. The Bertz CT molecular complexity index is 225. The van der Waals surface area contributed by atoms with Gasteiger partial charge in [0, 0.05) is 6.08 Å². The van der Waals surface area contributed by atoms with Gasteiger partial charge >= 0.3 is 16.4 Å². The molecule has 0 saturated carbocycles. The fraction of sp³-hybridized carbons (Fsp3) is 0.500. The highest BCUT2D eigenvalue weighted by Gasteiger charge is 1.84. The summed E-state index contributed by atoms with van der Waals surface area (Å²) in [5, 5.41) is 7.60. The van der Waals surface area contributed by atoms with E-state index in [9.17, 15) is 4.79 Å². The quantitative estimate of drug-likeness (QED) is 0.385. The van der Waals surface area contributed by atoms with Crippen molar-refractivity contribution in [3.63, 3.8) is 0 Å². The molecule has 0 spiro atoms. The third-order valence-corrected chi connectivity index (χ3v) is 0.463. The first-order valence-electron chi connectivity index (χ1n) is 3.44. The number of hydrogen-bond acceptors (Lipinski definition) is 4. The summed E-state index contributed by atoms with van der Waals surface area (Å²) < 4.78 is 31.6. The van der Waals surface area contributed by atoms with Crippen molar-refractivity contribution in [1.82, 2.24) is 0 Å². The van der Waals surface area contributed by atoms with Crippen LogP contribution in [0.1, 0.15) is 13.3 Å². The molecule has 86 valence electrons. The maximum Gasteiger partial charge on any atom is 0.394 e. The average molecular weight is 229 g/mol. The van der Waals surface area contributed by atoms with Gasteiger partial charge in [-0.3, -0.25) is 9.11 Å². The van der Waals surface area contributed by atoms with E-state index in [1.807, 2.05) is 0 Å². The Morgan fingerprint density at radius 2 is 1.64 bits per heavy atom. The van der Waals surface area contributed by atoms with Crippen molar-refractivity contribution in [3.05, 3.63) is 12.7 Å². The lowest BCUT2D eigenvalue weighted by Gasteiger charge is -1.70. The van der Waals surface area contributed by atoms with Crippen LogP contribution < -0.4 is 5.73 Å². The van der Waals surface area contributed by atoms with Crippen molar-refractivity contribution in [3.8, 4) is 0 Å². The Labute approximate surface area is 82.8 Å². The maximum absolute atomic E-state index is 9.25. The highest BCUT2D eigenvalue weighted by molar-refractivity contribution is 7.79. The lowest BCUT2D eigenvalue weighted by atomic mass is 10.5. The molecule has 0 fully saturated rings. The molecule has 0 aromatic heterocycles. The second kappa shape index (κ2) is 12.0. The van der Waals surface area contributed by atoms with Gasteiger partial charge in [0.25, 0.3) is 0 Å². The molecule has 0 aromatic carbocycles. The molecular formula is C6H15NO6S. The van der Waals surface area contributed by atoms with Crippen molar-refractivity contribution in [2.75, 3.05) is 6.54 Å². The van der Waals surface area contributed by atoms with E-state index in [1.54, 1.807) is 0 Å². The van der Waals surface area contributed by atoms with Crippen molar-refractivity contribution in [2.24, 2.45) is 5.73 Å². The largest absolute Gasteiger partial charge is 0.478 e. The summed E-state index contributed by atoms with van der Waals surface area (Å²) in [5.74, 6) is -0.981. The third-order valence-electron chi connectivity index (χ3n) is 0.463. The Balaban J connectivity index is -0.000000131. The molecule has 0 bridgehead atoms. The van der Waals surface area contributed by atoms with Crippen LogP contribution in [0.2, 0.25) is 0 Å². The van der Waals surface area contributed by atoms with Crippen molar-refractivity contribution in [2.45, 2.75) is 13.3 Å². The second-order valence-electron chi connectivity index (χ2n) is 1.78. The first kappa shape index (κ1) is 18.8. The average Bonchev–Trinajstić information content (AvgIpc) is 2.02. The molecule has 0 unspecified atom stereocenters. The lowest BCUT2D eigenvalue weighted by Crippen LogP contribution is -1.93. The molecule has 8 heteroatoms. The number of carbonyl (C=O) groups is 1. The molecule has 0 saturated heterocycles. The van der Waals surface area contributed by atoms with E-state index in [1.165, 1.54) is 0 Å². The van der Waals surface area contributed by atoms with Gasteiger partial charge in [0.15, 0.2) is 0 Å². The molecule has 0 heterocycles. The van der Waals surface area contributed by atoms with Crippen molar-refractivity contribution in [1.29, 1.82) is 0 Å². The van der Waals surface area contributed by atoms with E-state index in [2.05, 4.69) is 13.5 Å². The molecule has 0 amide bonds. The van der Waals surface area contributed by atoms with E-state index in [4.69, 9.17) is 28.4 Å². The SMILES string of the molecule is C=CC(=O)O.CCCN.O=S(=O)(O)O. The van der Waals surface area contributed by atoms with Crippen LogP contribution in [0.3, 0.4) is 0 Å². The zero-order valence-electron chi connectivity index (χ0n) is 7.75. The molecule has 0 radical (unpaired) electrons. The maximum atomic E-state index is 9.25. The highest BCUT2D eigenvalue weighted by Crippen LogP contribution is 1.59. The Kier molecular flexibility index (Phi) is 16.1. The number of carboxylic acids is 1. The molecule has 7 nitrogen and oxygen atoms in total. The van der Waals surface area contributed by atoms with Crippen LogP contribution in [-0.2, 0) is 15.2 Å². The van der Waals surface area contributed by atoms with Gasteiger partial charge in [0.2, 0.25) is 0 Å². The summed E-state index contributed by atoms with van der Waals surface area (Å²) in [6.07, 6.45) is 1.93. The second-order valence-corrected chi connectivity index (χ2v) is 2.67. The van der Waals surface area contributed by atoms with Gasteiger partial charge in [-0.1, -0.05) is 13.5 Å². The number of rotatable bonds is 2. The fourth-order valence-corrected chi connectivity index (χ4v) is 0. The van der Waals surface area contributed by atoms with Crippen molar-refractivity contribution < 1.29 is 27.4 Å². The normalized spacial score (nSPS) is 8.57. The Morgan fingerprint density at radius 3 is 1.64 bits per heavy atom. The molecule has 0 aliphatic heterocycles. The molecule has 0 aliphatic rings. The number of nitrogens with two attached hydrogens (primary N) is 1. The predicted octanol–water partition coefficient (Wildman–Crippen LogP) is -0.0407. The van der Waals surface area contributed by atoms with Gasteiger partial charge in [-0.15, -0.1) is 0 Å². The lowest BCUT2D eigenvalue weighted by molar-refractivity contribution is -0.131. The Morgan fingerprint density at radius 1 is 1.50 bits per heavy atom. The molecule has 0 rings (SSSR count). The zero-order valence-corrected chi connectivity index (χ0v) is 8.57. The van der Waals surface area contributed by atoms with Crippen molar-refractivity contribution >= 4 is 16.4 Å². The highest BCUT2D eigenvalue weighted by atomic mass is 32.3. The molecule has 5 N–H and O–H groups in total. The minimum atomic E-state index is -4.67. The topological polar surface area (TPSA) is 138 Å². The van der Waals surface area contributed by atoms with Gasteiger partial charge in [0.05, 0.1) is 0 Å². The minimum absolute atomic E-state index is 0.819. The molecule has 0 aliphatic carbocycles. The van der Waals surface area contributed by atoms with Crippen LogP contribution in [0.15, 0.2) is 12.7 Å².